The van der Waals surface area contributed by atoms with Gasteiger partial charge in [-0.25, -0.2) is 0 Å². The average Bonchev–Trinajstić information content (AvgIpc) is 3.50. The first-order chi connectivity index (χ1) is 21.8. The largest absolute Gasteiger partial charge is 0.490 e. The number of pyridine rings is 1. The smallest absolute Gasteiger partial charge is 0.387 e. The molecular weight excluding hydrogens is 586 g/mol. The first-order valence-electron chi connectivity index (χ1n) is 14.0. The molecule has 6 rings (SSSR count). The summed E-state index contributed by atoms with van der Waals surface area (Å²) < 4.78 is 45.1. The monoisotopic (exact) mass is 616 g/mol. The highest BCUT2D eigenvalue weighted by molar-refractivity contribution is 5.94. The van der Waals surface area contributed by atoms with Crippen LogP contribution in [0.15, 0.2) is 101 Å². The second-order valence-electron chi connectivity index (χ2n) is 9.88. The number of aromatic nitrogens is 2. The number of anilines is 2. The molecule has 3 aromatic carbocycles. The molecule has 0 atom stereocenters. The molecule has 1 aliphatic rings. The molecule has 45 heavy (non-hydrogen) atoms. The molecule has 3 heterocycles. The Kier molecular flexibility index (Phi) is 10.1. The lowest BCUT2D eigenvalue weighted by Crippen LogP contribution is -2.18. The lowest BCUT2D eigenvalue weighted by atomic mass is 10.0. The number of aromatic amines is 1. The van der Waals surface area contributed by atoms with Crippen LogP contribution >= 0.6 is 0 Å². The van der Waals surface area contributed by atoms with E-state index in [1.165, 1.54) is 18.2 Å². The number of benzene rings is 3. The standard InChI is InChI=1S/C21H17F2N3O4.C12H13NO2/c22-21(23)29-15-4-1-13(2-5-15)11-24-19-10-17(30-26-19)12-28-16-6-7-18-14(9-16)3-8-20(27)25-18;1-2-7-15-10-4-5-11-9(8-10)3-6-12(14)13-11/h1-10,21H,11-12H2,(H,24,26)(H,25,27);2,4-5,8H,1,3,6-7H2,(H,13,14). The number of rotatable bonds is 11. The lowest BCUT2D eigenvalue weighted by molar-refractivity contribution is -0.116. The molecule has 0 saturated carbocycles. The number of ether oxygens (including phenoxy) is 3. The Balaban J connectivity index is 0.000000223. The number of aryl methyl sites for hydroxylation is 1. The highest BCUT2D eigenvalue weighted by Gasteiger charge is 2.15. The van der Waals surface area contributed by atoms with Gasteiger partial charge in [-0.3, -0.25) is 9.59 Å². The van der Waals surface area contributed by atoms with Crippen LogP contribution in [0.4, 0.5) is 20.3 Å². The van der Waals surface area contributed by atoms with Gasteiger partial charge in [0.2, 0.25) is 11.5 Å². The van der Waals surface area contributed by atoms with Crippen molar-refractivity contribution in [2.24, 2.45) is 0 Å². The van der Waals surface area contributed by atoms with Crippen LogP contribution in [0.1, 0.15) is 23.3 Å². The summed E-state index contributed by atoms with van der Waals surface area (Å²) in [6.45, 7) is 1.87. The Morgan fingerprint density at radius 3 is 2.51 bits per heavy atom. The Morgan fingerprint density at radius 2 is 1.71 bits per heavy atom. The van der Waals surface area contributed by atoms with Gasteiger partial charge in [0.1, 0.15) is 30.5 Å². The highest BCUT2D eigenvalue weighted by Crippen LogP contribution is 2.27. The van der Waals surface area contributed by atoms with Gasteiger partial charge >= 0.3 is 6.61 Å². The maximum atomic E-state index is 12.2. The van der Waals surface area contributed by atoms with Gasteiger partial charge in [-0.15, -0.1) is 0 Å². The molecular formula is C33H30F2N4O6. The van der Waals surface area contributed by atoms with Gasteiger partial charge in [0, 0.05) is 41.7 Å². The molecule has 3 N–H and O–H groups in total. The SMILES string of the molecule is C=CCOc1ccc2c(c1)CCC(=O)N2.O=c1ccc2cc(OCc3cc(NCc4ccc(OC(F)F)cc4)no3)ccc2[nH]1. The Morgan fingerprint density at radius 1 is 0.933 bits per heavy atom. The Bertz CT molecular complexity index is 1820. The summed E-state index contributed by atoms with van der Waals surface area (Å²) in [6.07, 6.45) is 3.05. The Labute approximate surface area is 256 Å². The van der Waals surface area contributed by atoms with Gasteiger partial charge in [-0.2, -0.15) is 8.78 Å². The molecule has 232 valence electrons. The number of alkyl halides is 2. The van der Waals surface area contributed by atoms with Crippen molar-refractivity contribution in [3.8, 4) is 17.2 Å². The van der Waals surface area contributed by atoms with Gasteiger partial charge in [0.05, 0.1) is 0 Å². The topological polar surface area (TPSA) is 128 Å². The van der Waals surface area contributed by atoms with E-state index in [9.17, 15) is 18.4 Å². The number of fused-ring (bicyclic) bond motifs is 2. The van der Waals surface area contributed by atoms with Gasteiger partial charge < -0.3 is 34.4 Å². The molecule has 0 bridgehead atoms. The summed E-state index contributed by atoms with van der Waals surface area (Å²) >= 11 is 0. The summed E-state index contributed by atoms with van der Waals surface area (Å²) in [5.74, 6) is 2.70. The molecule has 0 aliphatic carbocycles. The van der Waals surface area contributed by atoms with Gasteiger partial charge in [0.15, 0.2) is 11.6 Å². The van der Waals surface area contributed by atoms with E-state index in [1.807, 2.05) is 24.3 Å². The minimum atomic E-state index is -2.84. The summed E-state index contributed by atoms with van der Waals surface area (Å²) in [4.78, 5) is 25.2. The van der Waals surface area contributed by atoms with E-state index in [-0.39, 0.29) is 23.8 Å². The number of carbonyl (C=O) groups is 1. The van der Waals surface area contributed by atoms with Crippen LogP contribution in [0.2, 0.25) is 0 Å². The maximum absolute atomic E-state index is 12.2. The van der Waals surface area contributed by atoms with E-state index in [0.29, 0.717) is 36.9 Å². The minimum absolute atomic E-state index is 0.0854. The van der Waals surface area contributed by atoms with Crippen molar-refractivity contribution in [1.29, 1.82) is 0 Å². The third kappa shape index (κ3) is 8.92. The molecule has 10 nitrogen and oxygen atoms in total. The molecule has 5 aromatic rings. The average molecular weight is 617 g/mol. The minimum Gasteiger partial charge on any atom is -0.490 e. The maximum Gasteiger partial charge on any atom is 0.387 e. The van der Waals surface area contributed by atoms with Crippen LogP contribution in [0.3, 0.4) is 0 Å². The van der Waals surface area contributed by atoms with Crippen LogP contribution in [0.5, 0.6) is 17.2 Å². The third-order valence-corrected chi connectivity index (χ3v) is 6.60. The van der Waals surface area contributed by atoms with Crippen LogP contribution in [0, 0.1) is 0 Å². The first-order valence-corrected chi connectivity index (χ1v) is 14.0. The van der Waals surface area contributed by atoms with Crippen molar-refractivity contribution >= 4 is 28.3 Å². The van der Waals surface area contributed by atoms with Crippen molar-refractivity contribution in [1.82, 2.24) is 10.1 Å². The lowest BCUT2D eigenvalue weighted by Gasteiger charge is -2.17. The summed E-state index contributed by atoms with van der Waals surface area (Å²) in [5, 5.41) is 10.7. The number of hydrogen-bond acceptors (Lipinski definition) is 8. The van der Waals surface area contributed by atoms with Crippen LogP contribution in [-0.2, 0) is 24.4 Å². The van der Waals surface area contributed by atoms with Crippen molar-refractivity contribution in [2.75, 3.05) is 17.2 Å². The van der Waals surface area contributed by atoms with Gasteiger partial charge in [0.25, 0.3) is 0 Å². The van der Waals surface area contributed by atoms with E-state index in [4.69, 9.17) is 14.0 Å². The highest BCUT2D eigenvalue weighted by atomic mass is 19.3. The summed E-state index contributed by atoms with van der Waals surface area (Å²) in [7, 11) is 0. The third-order valence-electron chi connectivity index (χ3n) is 6.60. The van der Waals surface area contributed by atoms with Crippen molar-refractivity contribution < 1.29 is 32.3 Å². The zero-order valence-corrected chi connectivity index (χ0v) is 24.1. The first kappa shape index (κ1) is 30.8. The second-order valence-corrected chi connectivity index (χ2v) is 9.88. The fourth-order valence-corrected chi connectivity index (χ4v) is 4.43. The summed E-state index contributed by atoms with van der Waals surface area (Å²) in [6, 6.07) is 22.3. The van der Waals surface area contributed by atoms with Gasteiger partial charge in [-0.05, 0) is 72.1 Å². The van der Waals surface area contributed by atoms with Crippen LogP contribution in [-0.4, -0.2) is 29.3 Å². The molecule has 1 aliphatic heterocycles. The second kappa shape index (κ2) is 14.7. The van der Waals surface area contributed by atoms with E-state index in [0.717, 1.165) is 39.9 Å². The molecule has 2 aromatic heterocycles. The number of H-pyrrole nitrogens is 1. The molecule has 0 unspecified atom stereocenters. The fraction of sp³-hybridized carbons (Fsp3) is 0.182. The number of carbonyl (C=O) groups excluding carboxylic acids is 1. The number of amides is 1. The fourth-order valence-electron chi connectivity index (χ4n) is 4.43. The van der Waals surface area contributed by atoms with Crippen LogP contribution < -0.4 is 30.4 Å². The van der Waals surface area contributed by atoms with E-state index < -0.39 is 6.61 Å². The van der Waals surface area contributed by atoms with Crippen molar-refractivity contribution in [3.63, 3.8) is 0 Å². The predicted molar refractivity (Wildman–Crippen MR) is 165 cm³/mol. The van der Waals surface area contributed by atoms with E-state index in [2.05, 4.69) is 32.1 Å². The van der Waals surface area contributed by atoms with Crippen molar-refractivity contribution in [2.45, 2.75) is 32.6 Å². The number of hydrogen-bond donors (Lipinski definition) is 3. The summed E-state index contributed by atoms with van der Waals surface area (Å²) in [5.41, 5.74) is 3.48. The molecule has 1 amide bonds. The number of halogens is 2. The number of nitrogens with one attached hydrogen (secondary N) is 3. The Hall–Kier alpha value is -5.65. The van der Waals surface area contributed by atoms with Crippen LogP contribution in [0.25, 0.3) is 10.9 Å². The molecule has 0 saturated heterocycles. The molecule has 0 spiro atoms. The zero-order chi connectivity index (χ0) is 31.6. The quantitative estimate of drug-likeness (QED) is 0.145. The normalized spacial score (nSPS) is 12.0. The molecule has 12 heteroatoms. The molecule has 0 fully saturated rings. The van der Waals surface area contributed by atoms with Crippen molar-refractivity contribution in [3.05, 3.63) is 119 Å². The van der Waals surface area contributed by atoms with E-state index in [1.54, 1.807) is 42.5 Å². The molecule has 0 radical (unpaired) electrons. The predicted octanol–water partition coefficient (Wildman–Crippen LogP) is 6.44. The van der Waals surface area contributed by atoms with E-state index >= 15 is 0 Å². The van der Waals surface area contributed by atoms with Gasteiger partial charge in [-0.1, -0.05) is 29.9 Å². The number of nitrogens with zero attached hydrogens (tertiary/aromatic N) is 1. The zero-order valence-electron chi connectivity index (χ0n) is 24.1.